The van der Waals surface area contributed by atoms with E-state index in [9.17, 15) is 13.6 Å². The lowest BCUT2D eigenvalue weighted by Gasteiger charge is -2.31. The highest BCUT2D eigenvalue weighted by atomic mass is 35.5. The van der Waals surface area contributed by atoms with Crippen molar-refractivity contribution in [1.82, 2.24) is 19.9 Å². The number of anilines is 1. The standard InChI is InChI=1S/C17H16ClF2N5OS/c18-14-13(10-8-22-25-6-4-9(21)7-11(10)25)24-16(27-14)15(26)23-12-3-1-2-5-17(12,19)20/h4,6-8,12H,1-3,5,21H2,(H,23,26). The van der Waals surface area contributed by atoms with Gasteiger partial charge in [0.15, 0.2) is 5.01 Å². The molecule has 0 radical (unpaired) electrons. The lowest BCUT2D eigenvalue weighted by Crippen LogP contribution is -2.49. The van der Waals surface area contributed by atoms with E-state index >= 15 is 0 Å². The number of halogens is 3. The Morgan fingerprint density at radius 1 is 1.44 bits per heavy atom. The predicted molar refractivity (Wildman–Crippen MR) is 100 cm³/mol. The molecule has 142 valence electrons. The van der Waals surface area contributed by atoms with Gasteiger partial charge in [0.05, 0.1) is 17.8 Å². The molecule has 10 heteroatoms. The van der Waals surface area contributed by atoms with Crippen LogP contribution in [0.5, 0.6) is 0 Å². The van der Waals surface area contributed by atoms with E-state index < -0.39 is 17.9 Å². The van der Waals surface area contributed by atoms with Gasteiger partial charge in [-0.2, -0.15) is 5.10 Å². The zero-order chi connectivity index (χ0) is 19.2. The Balaban J connectivity index is 1.63. The number of fused-ring (bicyclic) bond motifs is 1. The summed E-state index contributed by atoms with van der Waals surface area (Å²) in [6.07, 6.45) is 4.43. The van der Waals surface area contributed by atoms with Crippen molar-refractivity contribution >= 4 is 40.0 Å². The van der Waals surface area contributed by atoms with E-state index in [1.165, 1.54) is 0 Å². The molecule has 3 aromatic rings. The number of nitrogens with two attached hydrogens (primary N) is 1. The first kappa shape index (κ1) is 18.1. The van der Waals surface area contributed by atoms with Gasteiger partial charge in [-0.3, -0.25) is 4.79 Å². The minimum Gasteiger partial charge on any atom is -0.399 e. The van der Waals surface area contributed by atoms with Crippen molar-refractivity contribution in [2.75, 3.05) is 5.73 Å². The van der Waals surface area contributed by atoms with Crippen molar-refractivity contribution in [2.24, 2.45) is 0 Å². The summed E-state index contributed by atoms with van der Waals surface area (Å²) in [6.45, 7) is 0. The summed E-state index contributed by atoms with van der Waals surface area (Å²) in [4.78, 5) is 16.7. The Bertz CT molecular complexity index is 1020. The normalized spacial score (nSPS) is 19.3. The molecule has 3 N–H and O–H groups in total. The Morgan fingerprint density at radius 3 is 3.04 bits per heavy atom. The molecule has 1 unspecified atom stereocenters. The number of carbonyl (C=O) groups is 1. The Kier molecular flexibility index (Phi) is 4.51. The maximum atomic E-state index is 14.0. The summed E-state index contributed by atoms with van der Waals surface area (Å²) in [5.74, 6) is -3.55. The molecule has 27 heavy (non-hydrogen) atoms. The molecule has 3 heterocycles. The van der Waals surface area contributed by atoms with Crippen LogP contribution in [0.3, 0.4) is 0 Å². The third kappa shape index (κ3) is 3.37. The molecule has 1 saturated carbocycles. The lowest BCUT2D eigenvalue weighted by molar-refractivity contribution is -0.0609. The van der Waals surface area contributed by atoms with Crippen LogP contribution in [-0.4, -0.2) is 32.5 Å². The van der Waals surface area contributed by atoms with Crippen molar-refractivity contribution in [1.29, 1.82) is 0 Å². The van der Waals surface area contributed by atoms with Crippen LogP contribution in [0, 0.1) is 0 Å². The molecule has 0 saturated heterocycles. The van der Waals surface area contributed by atoms with Gasteiger partial charge in [0.25, 0.3) is 11.8 Å². The Morgan fingerprint density at radius 2 is 2.26 bits per heavy atom. The molecule has 1 aliphatic rings. The van der Waals surface area contributed by atoms with Gasteiger partial charge in [0.1, 0.15) is 10.0 Å². The first-order chi connectivity index (χ1) is 12.8. The van der Waals surface area contributed by atoms with E-state index in [0.717, 1.165) is 11.3 Å². The molecular weight excluding hydrogens is 396 g/mol. The number of thiazole rings is 1. The fraction of sp³-hybridized carbons (Fsp3) is 0.353. The van der Waals surface area contributed by atoms with Gasteiger partial charge in [0.2, 0.25) is 0 Å². The molecule has 1 atom stereocenters. The molecular formula is C17H16ClF2N5OS. The maximum absolute atomic E-state index is 14.0. The molecule has 1 fully saturated rings. The van der Waals surface area contributed by atoms with E-state index in [1.807, 2.05) is 0 Å². The first-order valence-corrected chi connectivity index (χ1v) is 9.63. The highest BCUT2D eigenvalue weighted by Gasteiger charge is 2.42. The number of nitrogen functional groups attached to an aromatic ring is 1. The molecule has 0 bridgehead atoms. The van der Waals surface area contributed by atoms with Gasteiger partial charge in [-0.1, -0.05) is 29.4 Å². The van der Waals surface area contributed by atoms with Crippen LogP contribution in [0.1, 0.15) is 35.5 Å². The van der Waals surface area contributed by atoms with E-state index in [-0.39, 0.29) is 22.2 Å². The number of aromatic nitrogens is 3. The maximum Gasteiger partial charge on any atom is 0.280 e. The number of hydrogen-bond donors (Lipinski definition) is 2. The van der Waals surface area contributed by atoms with Crippen molar-refractivity contribution in [3.05, 3.63) is 33.9 Å². The third-order valence-electron chi connectivity index (χ3n) is 4.65. The Hall–Kier alpha value is -2.26. The van der Waals surface area contributed by atoms with Gasteiger partial charge >= 0.3 is 0 Å². The van der Waals surface area contributed by atoms with Crippen molar-refractivity contribution in [3.63, 3.8) is 0 Å². The van der Waals surface area contributed by atoms with Crippen LogP contribution < -0.4 is 11.1 Å². The zero-order valence-electron chi connectivity index (χ0n) is 14.1. The molecule has 1 amide bonds. The number of alkyl halides is 2. The summed E-state index contributed by atoms with van der Waals surface area (Å²) in [6, 6.07) is 2.25. The third-order valence-corrected chi connectivity index (χ3v) is 5.90. The number of nitrogens with zero attached hydrogens (tertiary/aromatic N) is 3. The van der Waals surface area contributed by atoms with Gasteiger partial charge in [-0.15, -0.1) is 0 Å². The fourth-order valence-electron chi connectivity index (χ4n) is 3.24. The molecule has 0 aliphatic heterocycles. The van der Waals surface area contributed by atoms with E-state index in [4.69, 9.17) is 17.3 Å². The van der Waals surface area contributed by atoms with Gasteiger partial charge in [0, 0.05) is 23.9 Å². The summed E-state index contributed by atoms with van der Waals surface area (Å²) < 4.78 is 29.9. The van der Waals surface area contributed by atoms with Gasteiger partial charge in [-0.05, 0) is 25.0 Å². The molecule has 6 nitrogen and oxygen atoms in total. The smallest absolute Gasteiger partial charge is 0.280 e. The SMILES string of the molecule is Nc1ccn2ncc(-c3nc(C(=O)NC4CCCCC4(F)F)sc3Cl)c2c1. The number of carbonyl (C=O) groups excluding carboxylic acids is 1. The average Bonchev–Trinajstić information content (AvgIpc) is 3.19. The molecule has 4 rings (SSSR count). The quantitative estimate of drug-likeness (QED) is 0.682. The van der Waals surface area contributed by atoms with Crippen molar-refractivity contribution < 1.29 is 13.6 Å². The minimum absolute atomic E-state index is 0.0413. The van der Waals surface area contributed by atoms with Crippen molar-refractivity contribution in [2.45, 2.75) is 37.6 Å². The number of amides is 1. The number of pyridine rings is 1. The predicted octanol–water partition coefficient (Wildman–Crippen LogP) is 4.00. The van der Waals surface area contributed by atoms with E-state index in [2.05, 4.69) is 15.4 Å². The molecule has 3 aromatic heterocycles. The fourth-order valence-corrected chi connectivity index (χ4v) is 4.31. The number of rotatable bonds is 3. The number of nitrogens with one attached hydrogen (secondary N) is 1. The van der Waals surface area contributed by atoms with Crippen LogP contribution in [0.25, 0.3) is 16.8 Å². The summed E-state index contributed by atoms with van der Waals surface area (Å²) in [5.41, 5.74) is 8.06. The molecule has 1 aliphatic carbocycles. The van der Waals surface area contributed by atoms with Crippen LogP contribution in [0.4, 0.5) is 14.5 Å². The van der Waals surface area contributed by atoms with Gasteiger partial charge < -0.3 is 11.1 Å². The van der Waals surface area contributed by atoms with Crippen LogP contribution in [0.2, 0.25) is 4.34 Å². The molecule has 0 spiro atoms. The van der Waals surface area contributed by atoms with E-state index in [0.29, 0.717) is 35.3 Å². The van der Waals surface area contributed by atoms with Crippen LogP contribution >= 0.6 is 22.9 Å². The highest BCUT2D eigenvalue weighted by molar-refractivity contribution is 7.18. The van der Waals surface area contributed by atoms with Crippen molar-refractivity contribution in [3.8, 4) is 11.3 Å². The second-order valence-corrected chi connectivity index (χ2v) is 8.12. The summed E-state index contributed by atoms with van der Waals surface area (Å²) >= 11 is 7.23. The minimum atomic E-state index is -2.90. The average molecular weight is 412 g/mol. The highest BCUT2D eigenvalue weighted by Crippen LogP contribution is 2.36. The van der Waals surface area contributed by atoms with E-state index in [1.54, 1.807) is 29.0 Å². The summed E-state index contributed by atoms with van der Waals surface area (Å²) in [7, 11) is 0. The molecule has 0 aromatic carbocycles. The van der Waals surface area contributed by atoms with Crippen LogP contribution in [0.15, 0.2) is 24.5 Å². The zero-order valence-corrected chi connectivity index (χ0v) is 15.7. The number of hydrogen-bond acceptors (Lipinski definition) is 5. The van der Waals surface area contributed by atoms with Gasteiger partial charge in [-0.25, -0.2) is 18.3 Å². The largest absolute Gasteiger partial charge is 0.399 e. The second kappa shape index (κ2) is 6.72. The monoisotopic (exact) mass is 411 g/mol. The second-order valence-electron chi connectivity index (χ2n) is 6.52. The Labute approximate surface area is 162 Å². The lowest BCUT2D eigenvalue weighted by atomic mass is 9.91. The first-order valence-electron chi connectivity index (χ1n) is 8.43. The van der Waals surface area contributed by atoms with Crippen LogP contribution in [-0.2, 0) is 0 Å². The summed E-state index contributed by atoms with van der Waals surface area (Å²) in [5, 5.41) is 6.67. The topological polar surface area (TPSA) is 85.3 Å².